The molecule has 1 rings (SSSR count). The number of hydrogen-bond acceptors (Lipinski definition) is 7. The molecule has 0 aliphatic carbocycles. The summed E-state index contributed by atoms with van der Waals surface area (Å²) in [6.45, 7) is -1.19. The zero-order valence-corrected chi connectivity index (χ0v) is 10.1. The van der Waals surface area contributed by atoms with Crippen LogP contribution in [0, 0.1) is 20.2 Å². The van der Waals surface area contributed by atoms with Crippen LogP contribution in [-0.2, 0) is 6.61 Å². The van der Waals surface area contributed by atoms with Crippen molar-refractivity contribution in [1.82, 2.24) is 0 Å². The van der Waals surface area contributed by atoms with Gasteiger partial charge in [0.25, 0.3) is 5.69 Å². The van der Waals surface area contributed by atoms with E-state index in [0.717, 1.165) is 6.07 Å². The van der Waals surface area contributed by atoms with Crippen molar-refractivity contribution in [3.63, 3.8) is 0 Å². The van der Waals surface area contributed by atoms with Gasteiger partial charge in [0.1, 0.15) is 0 Å². The van der Waals surface area contributed by atoms with Crippen molar-refractivity contribution in [3.05, 3.63) is 37.9 Å². The molecule has 0 unspecified atom stereocenters. The maximum Gasteiger partial charge on any atom is 0.278 e. The Kier molecular flexibility index (Phi) is 5.01. The molecule has 0 saturated heterocycles. The summed E-state index contributed by atoms with van der Waals surface area (Å²) in [5.41, 5.74) is -0.261. The van der Waals surface area contributed by atoms with Crippen LogP contribution in [0.1, 0.15) is 5.56 Å². The Morgan fingerprint density at radius 2 is 1.95 bits per heavy atom. The van der Waals surface area contributed by atoms with Gasteiger partial charge in [-0.25, -0.2) is 0 Å². The van der Waals surface area contributed by atoms with E-state index in [4.69, 9.17) is 14.6 Å². The number of aliphatic hydroxyl groups excluding tert-OH is 1. The summed E-state index contributed by atoms with van der Waals surface area (Å²) < 4.78 is 10.0. The number of ether oxygens (including phenoxy) is 2. The molecule has 0 saturated carbocycles. The number of nitro groups is 2. The van der Waals surface area contributed by atoms with Crippen molar-refractivity contribution in [2.24, 2.45) is 0 Å². The number of methoxy groups -OCH3 is 1. The van der Waals surface area contributed by atoms with Crippen molar-refractivity contribution < 1.29 is 24.4 Å². The first-order valence-corrected chi connectivity index (χ1v) is 5.20. The Labute approximate surface area is 107 Å². The van der Waals surface area contributed by atoms with Gasteiger partial charge in [0.05, 0.1) is 30.3 Å². The summed E-state index contributed by atoms with van der Waals surface area (Å²) in [5, 5.41) is 30.0. The lowest BCUT2D eigenvalue weighted by molar-refractivity contribution is -0.481. The number of hydrogen-bond donors (Lipinski definition) is 1. The predicted octanol–water partition coefficient (Wildman–Crippen LogP) is 0.751. The molecule has 0 aromatic heterocycles. The molecule has 0 atom stereocenters. The first-order chi connectivity index (χ1) is 8.99. The molecule has 0 aliphatic rings. The Morgan fingerprint density at radius 3 is 2.42 bits per heavy atom. The molecule has 1 N–H and O–H groups in total. The Balaban J connectivity index is 3.04. The molecule has 0 radical (unpaired) electrons. The van der Waals surface area contributed by atoms with Crippen molar-refractivity contribution in [1.29, 1.82) is 0 Å². The zero-order chi connectivity index (χ0) is 14.4. The average molecular weight is 272 g/mol. The topological polar surface area (TPSA) is 125 Å². The van der Waals surface area contributed by atoms with Crippen molar-refractivity contribution >= 4 is 5.69 Å². The molecular formula is C10H12N2O7. The molecule has 1 aromatic carbocycles. The Morgan fingerprint density at radius 1 is 1.26 bits per heavy atom. The van der Waals surface area contributed by atoms with Gasteiger partial charge < -0.3 is 14.6 Å². The largest absolute Gasteiger partial charge is 0.493 e. The van der Waals surface area contributed by atoms with Crippen LogP contribution in [0.4, 0.5) is 5.69 Å². The van der Waals surface area contributed by atoms with Crippen LogP contribution in [0.2, 0.25) is 0 Å². The SMILES string of the molecule is COc1cc(CO)c([N+](=O)[O-])cc1OCC[N+](=O)[O-]. The number of aliphatic hydroxyl groups is 1. The second-order valence-electron chi connectivity index (χ2n) is 3.45. The molecule has 0 aliphatic heterocycles. The van der Waals surface area contributed by atoms with Crippen molar-refractivity contribution in [2.45, 2.75) is 6.61 Å². The number of rotatable bonds is 7. The van der Waals surface area contributed by atoms with Crippen molar-refractivity contribution in [3.8, 4) is 11.5 Å². The molecule has 0 amide bonds. The first kappa shape index (κ1) is 14.6. The summed E-state index contributed by atoms with van der Waals surface area (Å²) in [4.78, 5) is 19.7. The lowest BCUT2D eigenvalue weighted by Gasteiger charge is -2.10. The van der Waals surface area contributed by atoms with Gasteiger partial charge in [-0.15, -0.1) is 0 Å². The minimum absolute atomic E-state index is 0.0215. The second-order valence-corrected chi connectivity index (χ2v) is 3.45. The lowest BCUT2D eigenvalue weighted by Crippen LogP contribution is -2.12. The van der Waals surface area contributed by atoms with Gasteiger partial charge in [-0.3, -0.25) is 20.2 Å². The van der Waals surface area contributed by atoms with Crippen LogP contribution < -0.4 is 9.47 Å². The molecule has 0 bridgehead atoms. The van der Waals surface area contributed by atoms with Gasteiger partial charge in [-0.2, -0.15) is 0 Å². The summed E-state index contributed by atoms with van der Waals surface area (Å²) in [7, 11) is 1.32. The zero-order valence-electron chi connectivity index (χ0n) is 10.1. The molecule has 9 heteroatoms. The van der Waals surface area contributed by atoms with Gasteiger partial charge in [0.2, 0.25) is 6.54 Å². The maximum atomic E-state index is 10.8. The normalized spacial score (nSPS) is 10.0. The lowest BCUT2D eigenvalue weighted by atomic mass is 10.1. The third kappa shape index (κ3) is 3.78. The summed E-state index contributed by atoms with van der Waals surface area (Å²) in [5.74, 6) is 0.186. The highest BCUT2D eigenvalue weighted by Crippen LogP contribution is 2.34. The fraction of sp³-hybridized carbons (Fsp3) is 0.400. The minimum atomic E-state index is -0.675. The average Bonchev–Trinajstić information content (AvgIpc) is 2.37. The van der Waals surface area contributed by atoms with E-state index in [1.165, 1.54) is 13.2 Å². The molecule has 19 heavy (non-hydrogen) atoms. The molecule has 104 valence electrons. The van der Waals surface area contributed by atoms with E-state index in [2.05, 4.69) is 0 Å². The number of benzene rings is 1. The fourth-order valence-corrected chi connectivity index (χ4v) is 1.39. The Bertz CT molecular complexity index is 489. The smallest absolute Gasteiger partial charge is 0.278 e. The molecule has 1 aromatic rings. The van der Waals surface area contributed by atoms with Gasteiger partial charge >= 0.3 is 0 Å². The van der Waals surface area contributed by atoms with Gasteiger partial charge in [-0.1, -0.05) is 0 Å². The van der Waals surface area contributed by atoms with Crippen LogP contribution in [0.25, 0.3) is 0 Å². The second kappa shape index (κ2) is 6.50. The fourth-order valence-electron chi connectivity index (χ4n) is 1.39. The van der Waals surface area contributed by atoms with Crippen LogP contribution >= 0.6 is 0 Å². The number of nitrogens with zero attached hydrogens (tertiary/aromatic N) is 2. The van der Waals surface area contributed by atoms with Crippen LogP contribution in [0.15, 0.2) is 12.1 Å². The molecule has 0 spiro atoms. The predicted molar refractivity (Wildman–Crippen MR) is 62.9 cm³/mol. The summed E-state index contributed by atoms with van der Waals surface area (Å²) in [6, 6.07) is 2.34. The van der Waals surface area contributed by atoms with E-state index in [1.807, 2.05) is 0 Å². The maximum absolute atomic E-state index is 10.8. The number of nitro benzene ring substituents is 1. The van der Waals surface area contributed by atoms with E-state index in [0.29, 0.717) is 0 Å². The molecule has 9 nitrogen and oxygen atoms in total. The highest BCUT2D eigenvalue weighted by Gasteiger charge is 2.19. The molecular weight excluding hydrogens is 260 g/mol. The van der Waals surface area contributed by atoms with Crippen LogP contribution in [0.3, 0.4) is 0 Å². The monoisotopic (exact) mass is 272 g/mol. The van der Waals surface area contributed by atoms with Crippen LogP contribution in [-0.4, -0.2) is 35.2 Å². The standard InChI is InChI=1S/C10H12N2O7/c1-18-9-4-7(6-13)8(12(16)17)5-10(9)19-3-2-11(14)15/h4-5,13H,2-3,6H2,1H3. The third-order valence-electron chi connectivity index (χ3n) is 2.26. The van der Waals surface area contributed by atoms with Gasteiger partial charge in [0, 0.05) is 4.92 Å². The quantitative estimate of drug-likeness (QED) is 0.573. The summed E-state index contributed by atoms with van der Waals surface area (Å²) in [6.07, 6.45) is 0. The first-order valence-electron chi connectivity index (χ1n) is 5.20. The molecule has 0 heterocycles. The highest BCUT2D eigenvalue weighted by atomic mass is 16.6. The van der Waals surface area contributed by atoms with E-state index in [-0.39, 0.29) is 29.4 Å². The van der Waals surface area contributed by atoms with E-state index >= 15 is 0 Å². The third-order valence-corrected chi connectivity index (χ3v) is 2.26. The Hall–Kier alpha value is -2.42. The molecule has 0 fully saturated rings. The highest BCUT2D eigenvalue weighted by molar-refractivity contribution is 5.54. The van der Waals surface area contributed by atoms with E-state index in [1.54, 1.807) is 0 Å². The van der Waals surface area contributed by atoms with Crippen molar-refractivity contribution in [2.75, 3.05) is 20.3 Å². The van der Waals surface area contributed by atoms with Crippen LogP contribution in [0.5, 0.6) is 11.5 Å². The van der Waals surface area contributed by atoms with Gasteiger partial charge in [-0.05, 0) is 6.07 Å². The van der Waals surface area contributed by atoms with E-state index in [9.17, 15) is 20.2 Å². The van der Waals surface area contributed by atoms with E-state index < -0.39 is 23.0 Å². The minimum Gasteiger partial charge on any atom is -0.493 e. The van der Waals surface area contributed by atoms with Gasteiger partial charge in [0.15, 0.2) is 18.1 Å². The summed E-state index contributed by atoms with van der Waals surface area (Å²) >= 11 is 0.